The van der Waals surface area contributed by atoms with E-state index in [0.717, 1.165) is 16.7 Å². The fourth-order valence-corrected chi connectivity index (χ4v) is 1.62. The summed E-state index contributed by atoms with van der Waals surface area (Å²) in [5.41, 5.74) is -0.829. The molecule has 6 heteroatoms. The molecule has 0 fully saturated rings. The van der Waals surface area contributed by atoms with Crippen LogP contribution in [0.4, 0.5) is 17.6 Å². The van der Waals surface area contributed by atoms with Gasteiger partial charge in [-0.3, -0.25) is 9.36 Å². The third kappa shape index (κ3) is 2.83. The highest BCUT2D eigenvalue weighted by molar-refractivity contribution is 5.36. The van der Waals surface area contributed by atoms with Gasteiger partial charge in [0.1, 0.15) is 0 Å². The van der Waals surface area contributed by atoms with Gasteiger partial charge in [-0.1, -0.05) is 12.1 Å². The normalized spacial score (nSPS) is 11.3. The Kier molecular flexibility index (Phi) is 3.69. The van der Waals surface area contributed by atoms with Crippen LogP contribution < -0.4 is 5.56 Å². The lowest BCUT2D eigenvalue weighted by Crippen LogP contribution is -2.17. The van der Waals surface area contributed by atoms with Gasteiger partial charge in [-0.15, -0.1) is 0 Å². The summed E-state index contributed by atoms with van der Waals surface area (Å²) < 4.78 is 50.6. The molecule has 1 heterocycles. The van der Waals surface area contributed by atoms with E-state index in [1.165, 1.54) is 30.5 Å². The molecule has 0 aliphatic carbocycles. The molecule has 0 radical (unpaired) electrons. The van der Waals surface area contributed by atoms with Gasteiger partial charge in [-0.2, -0.15) is 0 Å². The molecule has 1 aromatic heterocycles. The van der Waals surface area contributed by atoms with Crippen molar-refractivity contribution in [1.29, 1.82) is 0 Å². The van der Waals surface area contributed by atoms with Crippen LogP contribution in [0.15, 0.2) is 47.4 Å². The number of benzene rings is 1. The zero-order chi connectivity index (χ0) is 14.0. The van der Waals surface area contributed by atoms with Gasteiger partial charge in [0.15, 0.2) is 0 Å². The van der Waals surface area contributed by atoms with Crippen LogP contribution in [0, 0.1) is 0 Å². The van der Waals surface area contributed by atoms with Crippen LogP contribution >= 0.6 is 0 Å². The Morgan fingerprint density at radius 1 is 0.842 bits per heavy atom. The summed E-state index contributed by atoms with van der Waals surface area (Å²) >= 11 is 0. The number of halogens is 4. The summed E-state index contributed by atoms with van der Waals surface area (Å²) in [5.74, 6) is 0. The molecule has 1 aromatic carbocycles. The molecule has 0 saturated heterocycles. The van der Waals surface area contributed by atoms with E-state index in [1.807, 2.05) is 0 Å². The maximum absolute atomic E-state index is 12.4. The number of rotatable bonds is 3. The lowest BCUT2D eigenvalue weighted by molar-refractivity contribution is 0.150. The minimum atomic E-state index is -2.72. The monoisotopic (exact) mass is 271 g/mol. The average molecular weight is 271 g/mol. The SMILES string of the molecule is O=c1cc(C(F)F)ccn1-c1ccc(C(F)F)cc1. The van der Waals surface area contributed by atoms with Crippen LogP contribution in [0.3, 0.4) is 0 Å². The third-order valence-corrected chi connectivity index (χ3v) is 2.62. The molecule has 0 aliphatic rings. The lowest BCUT2D eigenvalue weighted by atomic mass is 10.2. The minimum absolute atomic E-state index is 0.166. The van der Waals surface area contributed by atoms with Crippen LogP contribution in [0.1, 0.15) is 24.0 Å². The number of hydrogen-bond acceptors (Lipinski definition) is 1. The molecular weight excluding hydrogens is 262 g/mol. The fourth-order valence-electron chi connectivity index (χ4n) is 1.62. The summed E-state index contributed by atoms with van der Waals surface area (Å²) in [7, 11) is 0. The smallest absolute Gasteiger partial charge is 0.264 e. The maximum atomic E-state index is 12.4. The molecule has 0 amide bonds. The topological polar surface area (TPSA) is 22.0 Å². The molecule has 19 heavy (non-hydrogen) atoms. The standard InChI is InChI=1S/C13H9F4NO/c14-12(15)8-1-3-10(4-2-8)18-6-5-9(13(16)17)7-11(18)19/h1-7,12-13H. The van der Waals surface area contributed by atoms with Gasteiger partial charge in [0.25, 0.3) is 18.4 Å². The van der Waals surface area contributed by atoms with Crippen molar-refractivity contribution < 1.29 is 17.6 Å². The molecule has 0 N–H and O–H groups in total. The Bertz CT molecular complexity index is 619. The van der Waals surface area contributed by atoms with E-state index in [9.17, 15) is 22.4 Å². The van der Waals surface area contributed by atoms with E-state index in [1.54, 1.807) is 0 Å². The van der Waals surface area contributed by atoms with Crippen LogP contribution in [-0.4, -0.2) is 4.57 Å². The van der Waals surface area contributed by atoms with Crippen molar-refractivity contribution in [2.75, 3.05) is 0 Å². The number of aromatic nitrogens is 1. The molecule has 100 valence electrons. The van der Waals surface area contributed by atoms with E-state index < -0.39 is 18.4 Å². The Hall–Kier alpha value is -2.11. The molecule has 0 aliphatic heterocycles. The highest BCUT2D eigenvalue weighted by Gasteiger charge is 2.10. The van der Waals surface area contributed by atoms with E-state index in [-0.39, 0.29) is 11.1 Å². The van der Waals surface area contributed by atoms with Crippen molar-refractivity contribution >= 4 is 0 Å². The summed E-state index contributed by atoms with van der Waals surface area (Å²) in [6.45, 7) is 0. The fraction of sp³-hybridized carbons (Fsp3) is 0.154. The van der Waals surface area contributed by atoms with E-state index in [2.05, 4.69) is 0 Å². The molecule has 2 rings (SSSR count). The number of hydrogen-bond donors (Lipinski definition) is 0. The summed E-state index contributed by atoms with van der Waals surface area (Å²) in [6, 6.07) is 7.00. The van der Waals surface area contributed by atoms with Crippen molar-refractivity contribution in [3.63, 3.8) is 0 Å². The largest absolute Gasteiger partial charge is 0.284 e. The lowest BCUT2D eigenvalue weighted by Gasteiger charge is -2.08. The second-order valence-corrected chi connectivity index (χ2v) is 3.86. The second-order valence-electron chi connectivity index (χ2n) is 3.86. The zero-order valence-electron chi connectivity index (χ0n) is 9.56. The predicted octanol–water partition coefficient (Wildman–Crippen LogP) is 3.71. The third-order valence-electron chi connectivity index (χ3n) is 2.62. The molecule has 0 spiro atoms. The Balaban J connectivity index is 2.39. The highest BCUT2D eigenvalue weighted by Crippen LogP contribution is 2.20. The van der Waals surface area contributed by atoms with Gasteiger partial charge in [0, 0.05) is 29.1 Å². The van der Waals surface area contributed by atoms with Gasteiger partial charge < -0.3 is 0 Å². The summed E-state index contributed by atoms with van der Waals surface area (Å²) in [5, 5.41) is 0. The van der Waals surface area contributed by atoms with Crippen molar-refractivity contribution in [2.45, 2.75) is 12.9 Å². The molecule has 2 nitrogen and oxygen atoms in total. The Labute approximate surface area is 105 Å². The minimum Gasteiger partial charge on any atom is -0.284 e. The van der Waals surface area contributed by atoms with Crippen LogP contribution in [0.2, 0.25) is 0 Å². The number of pyridine rings is 1. The Morgan fingerprint density at radius 3 is 1.89 bits per heavy atom. The molecule has 0 unspecified atom stereocenters. The summed E-state index contributed by atoms with van der Waals surface area (Å²) in [6.07, 6.45) is -4.11. The van der Waals surface area contributed by atoms with Gasteiger partial charge in [-0.25, -0.2) is 17.6 Å². The van der Waals surface area contributed by atoms with Crippen molar-refractivity contribution in [2.24, 2.45) is 0 Å². The first-order valence-corrected chi connectivity index (χ1v) is 5.38. The first-order chi connectivity index (χ1) is 8.99. The molecule has 2 aromatic rings. The van der Waals surface area contributed by atoms with Crippen molar-refractivity contribution in [3.05, 3.63) is 64.1 Å². The predicted molar refractivity (Wildman–Crippen MR) is 62.0 cm³/mol. The van der Waals surface area contributed by atoms with Crippen molar-refractivity contribution in [3.8, 4) is 5.69 Å². The van der Waals surface area contributed by atoms with E-state index in [0.29, 0.717) is 5.69 Å². The van der Waals surface area contributed by atoms with E-state index >= 15 is 0 Å². The quantitative estimate of drug-likeness (QED) is 0.780. The van der Waals surface area contributed by atoms with Gasteiger partial charge in [-0.05, 0) is 18.2 Å². The van der Waals surface area contributed by atoms with Crippen molar-refractivity contribution in [1.82, 2.24) is 4.57 Å². The second kappa shape index (κ2) is 5.26. The zero-order valence-corrected chi connectivity index (χ0v) is 9.56. The molecular formula is C13H9F4NO. The first-order valence-electron chi connectivity index (χ1n) is 5.38. The number of nitrogens with zero attached hydrogens (tertiary/aromatic N) is 1. The van der Waals surface area contributed by atoms with Crippen LogP contribution in [0.25, 0.3) is 5.69 Å². The van der Waals surface area contributed by atoms with Gasteiger partial charge in [0.05, 0.1) is 0 Å². The molecule has 0 atom stereocenters. The maximum Gasteiger partial charge on any atom is 0.264 e. The molecule has 0 bridgehead atoms. The molecule has 0 saturated carbocycles. The average Bonchev–Trinajstić information content (AvgIpc) is 2.38. The first kappa shape index (κ1) is 13.3. The Morgan fingerprint density at radius 2 is 1.42 bits per heavy atom. The number of alkyl halides is 4. The van der Waals surface area contributed by atoms with Crippen LogP contribution in [-0.2, 0) is 0 Å². The van der Waals surface area contributed by atoms with Crippen LogP contribution in [0.5, 0.6) is 0 Å². The highest BCUT2D eigenvalue weighted by atomic mass is 19.3. The summed E-state index contributed by atoms with van der Waals surface area (Å²) in [4.78, 5) is 11.6. The van der Waals surface area contributed by atoms with Gasteiger partial charge in [0.2, 0.25) is 0 Å². The van der Waals surface area contributed by atoms with Gasteiger partial charge >= 0.3 is 0 Å². The van der Waals surface area contributed by atoms with E-state index in [4.69, 9.17) is 0 Å².